The molecule has 0 bridgehead atoms. The van der Waals surface area contributed by atoms with E-state index in [1.54, 1.807) is 6.33 Å². The van der Waals surface area contributed by atoms with Crippen molar-refractivity contribution in [3.8, 4) is 0 Å². The normalized spacial score (nSPS) is 16.6. The van der Waals surface area contributed by atoms with Crippen molar-refractivity contribution in [1.82, 2.24) is 15.3 Å². The summed E-state index contributed by atoms with van der Waals surface area (Å²) in [5.41, 5.74) is 2.37. The van der Waals surface area contributed by atoms with E-state index in [4.69, 9.17) is 0 Å². The summed E-state index contributed by atoms with van der Waals surface area (Å²) >= 11 is 0. The van der Waals surface area contributed by atoms with Crippen molar-refractivity contribution in [3.05, 3.63) is 47.8 Å². The van der Waals surface area contributed by atoms with Gasteiger partial charge in [-0.1, -0.05) is 29.8 Å². The number of rotatable bonds is 8. The molecule has 1 fully saturated rings. The van der Waals surface area contributed by atoms with Gasteiger partial charge in [0.05, 0.1) is 0 Å². The highest BCUT2D eigenvalue weighted by molar-refractivity contribution is 5.75. The summed E-state index contributed by atoms with van der Waals surface area (Å²) in [4.78, 5) is 23.3. The first-order valence-corrected chi connectivity index (χ1v) is 10.3. The van der Waals surface area contributed by atoms with Gasteiger partial charge in [0.15, 0.2) is 0 Å². The van der Waals surface area contributed by atoms with Crippen molar-refractivity contribution in [2.45, 2.75) is 46.1 Å². The number of benzene rings is 1. The second-order valence-electron chi connectivity index (χ2n) is 7.55. The molecule has 1 aliphatic heterocycles. The molecule has 1 aromatic heterocycles. The number of carbonyl (C=O) groups is 1. The van der Waals surface area contributed by atoms with Crippen molar-refractivity contribution in [2.24, 2.45) is 5.92 Å². The van der Waals surface area contributed by atoms with Crippen LogP contribution < -0.4 is 15.5 Å². The lowest BCUT2D eigenvalue weighted by atomic mass is 9.93. The van der Waals surface area contributed by atoms with Gasteiger partial charge in [-0.2, -0.15) is 0 Å². The molecule has 28 heavy (non-hydrogen) atoms. The third-order valence-electron chi connectivity index (χ3n) is 5.21. The van der Waals surface area contributed by atoms with Gasteiger partial charge in [-0.25, -0.2) is 9.97 Å². The molecule has 2 N–H and O–H groups in total. The number of aromatic nitrogens is 2. The van der Waals surface area contributed by atoms with E-state index in [9.17, 15) is 4.79 Å². The molecule has 0 aliphatic carbocycles. The second kappa shape index (κ2) is 10.1. The number of amides is 1. The summed E-state index contributed by atoms with van der Waals surface area (Å²) in [5.74, 6) is 2.50. The van der Waals surface area contributed by atoms with Crippen LogP contribution >= 0.6 is 0 Å². The fourth-order valence-corrected chi connectivity index (χ4v) is 3.75. The number of nitrogens with one attached hydrogen (secondary N) is 2. The largest absolute Gasteiger partial charge is 0.370 e. The molecule has 3 rings (SSSR count). The predicted molar refractivity (Wildman–Crippen MR) is 113 cm³/mol. The van der Waals surface area contributed by atoms with Crippen molar-refractivity contribution < 1.29 is 4.79 Å². The number of anilines is 2. The van der Waals surface area contributed by atoms with Crippen LogP contribution in [-0.2, 0) is 11.3 Å². The first kappa shape index (κ1) is 20.1. The third kappa shape index (κ3) is 5.94. The lowest BCUT2D eigenvalue weighted by Gasteiger charge is -2.33. The van der Waals surface area contributed by atoms with Crippen molar-refractivity contribution >= 4 is 17.5 Å². The fraction of sp³-hybridized carbons (Fsp3) is 0.500. The topological polar surface area (TPSA) is 70.2 Å². The maximum absolute atomic E-state index is 12.3. The zero-order chi connectivity index (χ0) is 19.8. The van der Waals surface area contributed by atoms with Gasteiger partial charge in [-0.05, 0) is 44.6 Å². The molecule has 0 saturated carbocycles. The standard InChI is InChI=1S/C22H31N5O/c1-3-23-20-13-21(26-16-25-20)27-11-5-8-18(15-27)9-10-22(28)24-14-19-7-4-6-17(2)12-19/h4,6-7,12-13,16,18H,3,5,8-11,14-15H2,1-2H3,(H,24,28)(H,23,25,26)/t18-/m1/s1. The van der Waals surface area contributed by atoms with E-state index in [0.29, 0.717) is 18.9 Å². The highest BCUT2D eigenvalue weighted by atomic mass is 16.1. The minimum Gasteiger partial charge on any atom is -0.370 e. The third-order valence-corrected chi connectivity index (χ3v) is 5.21. The summed E-state index contributed by atoms with van der Waals surface area (Å²) in [5, 5.41) is 6.29. The van der Waals surface area contributed by atoms with Crippen LogP contribution in [-0.4, -0.2) is 35.5 Å². The Kier molecular flexibility index (Phi) is 7.23. The Morgan fingerprint density at radius 1 is 1.29 bits per heavy atom. The molecule has 1 atom stereocenters. The molecule has 1 saturated heterocycles. The van der Waals surface area contributed by atoms with Crippen molar-refractivity contribution in [1.29, 1.82) is 0 Å². The van der Waals surface area contributed by atoms with Crippen molar-refractivity contribution in [2.75, 3.05) is 29.9 Å². The Morgan fingerprint density at radius 3 is 3.00 bits per heavy atom. The first-order chi connectivity index (χ1) is 13.6. The van der Waals surface area contributed by atoms with E-state index < -0.39 is 0 Å². The number of hydrogen-bond donors (Lipinski definition) is 2. The summed E-state index contributed by atoms with van der Waals surface area (Å²) in [7, 11) is 0. The van der Waals surface area contributed by atoms with E-state index in [2.05, 4.69) is 57.5 Å². The summed E-state index contributed by atoms with van der Waals surface area (Å²) in [6.07, 6.45) is 5.43. The van der Waals surface area contributed by atoms with E-state index in [-0.39, 0.29) is 5.91 Å². The fourth-order valence-electron chi connectivity index (χ4n) is 3.75. The zero-order valence-corrected chi connectivity index (χ0v) is 16.9. The maximum atomic E-state index is 12.3. The highest BCUT2D eigenvalue weighted by Crippen LogP contribution is 2.25. The number of hydrogen-bond acceptors (Lipinski definition) is 5. The summed E-state index contributed by atoms with van der Waals surface area (Å²) in [6.45, 7) is 7.54. The van der Waals surface area contributed by atoms with Crippen LogP contribution in [0.3, 0.4) is 0 Å². The zero-order valence-electron chi connectivity index (χ0n) is 16.9. The summed E-state index contributed by atoms with van der Waals surface area (Å²) in [6, 6.07) is 10.3. The van der Waals surface area contributed by atoms with E-state index in [0.717, 1.165) is 49.7 Å². The Morgan fingerprint density at radius 2 is 2.18 bits per heavy atom. The molecule has 6 nitrogen and oxygen atoms in total. The van der Waals surface area contributed by atoms with Crippen LogP contribution in [0.4, 0.5) is 11.6 Å². The van der Waals surface area contributed by atoms with Crippen LogP contribution in [0.15, 0.2) is 36.7 Å². The molecule has 2 aromatic rings. The SMILES string of the molecule is CCNc1cc(N2CCC[C@H](CCC(=O)NCc3cccc(C)c3)C2)ncn1. The van der Waals surface area contributed by atoms with Crippen LogP contribution in [0.25, 0.3) is 0 Å². The average molecular weight is 382 g/mol. The van der Waals surface area contributed by atoms with Gasteiger partial charge >= 0.3 is 0 Å². The van der Waals surface area contributed by atoms with E-state index in [1.807, 2.05) is 12.1 Å². The van der Waals surface area contributed by atoms with Gasteiger partial charge in [0.25, 0.3) is 0 Å². The Hall–Kier alpha value is -2.63. The predicted octanol–water partition coefficient (Wildman–Crippen LogP) is 3.53. The molecule has 0 unspecified atom stereocenters. The van der Waals surface area contributed by atoms with Gasteiger partial charge in [-0.3, -0.25) is 4.79 Å². The van der Waals surface area contributed by atoms with Gasteiger partial charge in [0, 0.05) is 38.7 Å². The smallest absolute Gasteiger partial charge is 0.220 e. The van der Waals surface area contributed by atoms with Crippen LogP contribution in [0.5, 0.6) is 0 Å². The monoisotopic (exact) mass is 381 g/mol. The average Bonchev–Trinajstić information content (AvgIpc) is 2.71. The molecular formula is C22H31N5O. The van der Waals surface area contributed by atoms with E-state index >= 15 is 0 Å². The molecule has 0 spiro atoms. The van der Waals surface area contributed by atoms with Crippen LogP contribution in [0.2, 0.25) is 0 Å². The lowest BCUT2D eigenvalue weighted by molar-refractivity contribution is -0.121. The maximum Gasteiger partial charge on any atom is 0.220 e. The molecule has 150 valence electrons. The second-order valence-corrected chi connectivity index (χ2v) is 7.55. The summed E-state index contributed by atoms with van der Waals surface area (Å²) < 4.78 is 0. The number of nitrogens with zero attached hydrogens (tertiary/aromatic N) is 3. The molecule has 2 heterocycles. The Bertz CT molecular complexity index is 779. The lowest BCUT2D eigenvalue weighted by Crippen LogP contribution is -2.36. The molecule has 0 radical (unpaired) electrons. The first-order valence-electron chi connectivity index (χ1n) is 10.3. The van der Waals surface area contributed by atoms with Crippen LogP contribution in [0, 0.1) is 12.8 Å². The number of piperidine rings is 1. The molecule has 1 aromatic carbocycles. The van der Waals surface area contributed by atoms with Crippen molar-refractivity contribution in [3.63, 3.8) is 0 Å². The minimum atomic E-state index is 0.134. The Labute approximate surface area is 167 Å². The van der Waals surface area contributed by atoms with Gasteiger partial charge < -0.3 is 15.5 Å². The van der Waals surface area contributed by atoms with Gasteiger partial charge in [-0.15, -0.1) is 0 Å². The van der Waals surface area contributed by atoms with Gasteiger partial charge in [0.2, 0.25) is 5.91 Å². The molecular weight excluding hydrogens is 350 g/mol. The molecule has 1 aliphatic rings. The molecule has 1 amide bonds. The number of aryl methyl sites for hydroxylation is 1. The van der Waals surface area contributed by atoms with Crippen LogP contribution in [0.1, 0.15) is 43.7 Å². The number of carbonyl (C=O) groups excluding carboxylic acids is 1. The quantitative estimate of drug-likeness (QED) is 0.732. The van der Waals surface area contributed by atoms with E-state index in [1.165, 1.54) is 12.0 Å². The Balaban J connectivity index is 1.45. The minimum absolute atomic E-state index is 0.134. The van der Waals surface area contributed by atoms with Gasteiger partial charge in [0.1, 0.15) is 18.0 Å². The molecule has 6 heteroatoms. The highest BCUT2D eigenvalue weighted by Gasteiger charge is 2.22.